The fraction of sp³-hybridized carbons (Fsp3) is 0.133. The third-order valence-corrected chi connectivity index (χ3v) is 7.17. The summed E-state index contributed by atoms with van der Waals surface area (Å²) in [5, 5.41) is 9.69. The first-order chi connectivity index (χ1) is 16.4. The van der Waals surface area contributed by atoms with Crippen molar-refractivity contribution in [3.63, 3.8) is 0 Å². The molecule has 6 heteroatoms. The van der Waals surface area contributed by atoms with E-state index in [0.717, 1.165) is 0 Å². The fourth-order valence-corrected chi connectivity index (χ4v) is 5.59. The van der Waals surface area contributed by atoms with Gasteiger partial charge in [0, 0.05) is 9.75 Å². The minimum Gasteiger partial charge on any atom is -1.00 e. The second-order valence-corrected chi connectivity index (χ2v) is 19.9. The van der Waals surface area contributed by atoms with E-state index in [1.54, 1.807) is 46.0 Å². The summed E-state index contributed by atoms with van der Waals surface area (Å²) in [4.78, 5) is 2.71. The molecule has 2 heterocycles. The van der Waals surface area contributed by atoms with Gasteiger partial charge in [0.15, 0.2) is 0 Å². The van der Waals surface area contributed by atoms with Gasteiger partial charge in [0.1, 0.15) is 0 Å². The number of halogens is 2. The molecule has 0 nitrogen and oxygen atoms in total. The standard InChI is InChI=1S/2C14H11S.C2H6Si.2ClH.Zr/c2*1-10-8-11-4-2-5-12(13(11)9-10)14-6-3-7-15-14;1-3-2;;;/h2*2-9H,1H3;1-2H3;2*1H;/q2*-1;;;;+2/p-2. The zero-order valence-electron chi connectivity index (χ0n) is 20.8. The van der Waals surface area contributed by atoms with E-state index < -0.39 is 0 Å². The second-order valence-electron chi connectivity index (χ2n) is 8.64. The fourth-order valence-electron chi connectivity index (χ4n) is 4.06. The van der Waals surface area contributed by atoms with Gasteiger partial charge in [-0.3, -0.25) is 0 Å². The van der Waals surface area contributed by atoms with E-state index >= 15 is 0 Å². The van der Waals surface area contributed by atoms with E-state index in [1.165, 1.54) is 53.6 Å². The molecule has 0 aliphatic carbocycles. The first-order valence-corrected chi connectivity index (χ1v) is 19.3. The van der Waals surface area contributed by atoms with E-state index in [0.29, 0.717) is 0 Å². The van der Waals surface area contributed by atoms with Crippen LogP contribution in [0, 0.1) is 13.8 Å². The minimum atomic E-state index is 0. The molecule has 0 amide bonds. The average molecular weight is 643 g/mol. The number of aryl methyl sites for hydroxylation is 2. The quantitative estimate of drug-likeness (QED) is 0.198. The zero-order valence-corrected chi connectivity index (χ0v) is 27.4. The predicted molar refractivity (Wildman–Crippen MR) is 153 cm³/mol. The van der Waals surface area contributed by atoms with Crippen molar-refractivity contribution in [1.29, 1.82) is 0 Å². The topological polar surface area (TPSA) is 0 Å². The van der Waals surface area contributed by atoms with Gasteiger partial charge in [-0.15, -0.1) is 91.7 Å². The Morgan fingerprint density at radius 3 is 1.36 bits per heavy atom. The molecule has 6 aromatic rings. The van der Waals surface area contributed by atoms with Crippen molar-refractivity contribution in [1.82, 2.24) is 0 Å². The molecule has 0 atom stereocenters. The summed E-state index contributed by atoms with van der Waals surface area (Å²) in [7, 11) is 0. The monoisotopic (exact) mass is 640 g/mol. The Morgan fingerprint density at radius 1 is 0.639 bits per heavy atom. The van der Waals surface area contributed by atoms with Crippen LogP contribution in [0.3, 0.4) is 0 Å². The molecule has 0 fully saturated rings. The van der Waals surface area contributed by atoms with Crippen LogP contribution < -0.4 is 24.8 Å². The molecule has 6 rings (SSSR count). The van der Waals surface area contributed by atoms with Gasteiger partial charge in [-0.25, -0.2) is 0 Å². The van der Waals surface area contributed by atoms with Gasteiger partial charge in [-0.05, 0) is 22.9 Å². The van der Waals surface area contributed by atoms with Crippen molar-refractivity contribution in [2.24, 2.45) is 0 Å². The molecular formula is C30H28Cl2S2SiZr-2. The minimum absolute atomic E-state index is 0. The maximum Gasteiger partial charge on any atom is 0.0248 e. The van der Waals surface area contributed by atoms with Crippen molar-refractivity contribution in [3.05, 3.63) is 107 Å². The summed E-state index contributed by atoms with van der Waals surface area (Å²) in [5.41, 5.74) is 5.61. The smallest absolute Gasteiger partial charge is 0.0248 e. The molecule has 0 aliphatic rings. The summed E-state index contributed by atoms with van der Waals surface area (Å²) < 4.78 is 0. The van der Waals surface area contributed by atoms with Crippen LogP contribution in [0.25, 0.3) is 42.4 Å². The van der Waals surface area contributed by atoms with E-state index in [9.17, 15) is 0 Å². The van der Waals surface area contributed by atoms with Crippen LogP contribution in [0.15, 0.2) is 95.7 Å². The number of thiophene rings is 2. The molecule has 0 saturated carbocycles. The number of rotatable bonds is 2. The van der Waals surface area contributed by atoms with Crippen LogP contribution in [0.2, 0.25) is 13.1 Å². The van der Waals surface area contributed by atoms with Gasteiger partial charge in [-0.2, -0.15) is 12.1 Å². The van der Waals surface area contributed by atoms with E-state index in [-0.39, 0.29) is 30.2 Å². The van der Waals surface area contributed by atoms with Gasteiger partial charge in [0.05, 0.1) is 0 Å². The van der Waals surface area contributed by atoms with Crippen LogP contribution in [-0.2, 0) is 23.3 Å². The summed E-state index contributed by atoms with van der Waals surface area (Å²) in [6, 6.07) is 30.6. The first-order valence-electron chi connectivity index (χ1n) is 11.3. The maximum absolute atomic E-state index is 2.31. The SMILES string of the molecule is C[Si](C)=[Zr+2].Cc1cc2c(-c3cccs3)cccc2[cH-]1.Cc1cc2c(-c3cccs3)cccc2[cH-]1.[Cl-].[Cl-]. The van der Waals surface area contributed by atoms with Crippen molar-refractivity contribution in [3.8, 4) is 20.9 Å². The molecule has 0 aliphatic heterocycles. The second kappa shape index (κ2) is 14.6. The van der Waals surface area contributed by atoms with Gasteiger partial charge >= 0.3 is 41.9 Å². The van der Waals surface area contributed by atoms with Crippen LogP contribution in [0.5, 0.6) is 0 Å². The Labute approximate surface area is 250 Å². The molecule has 36 heavy (non-hydrogen) atoms. The number of benzene rings is 2. The summed E-state index contributed by atoms with van der Waals surface area (Å²) in [6.45, 7) is 8.92. The molecule has 0 bridgehead atoms. The number of hydrogen-bond acceptors (Lipinski definition) is 2. The number of hydrogen-bond donors (Lipinski definition) is 0. The molecule has 0 unspecified atom stereocenters. The van der Waals surface area contributed by atoms with Gasteiger partial charge in [0.2, 0.25) is 0 Å². The van der Waals surface area contributed by atoms with Crippen LogP contribution >= 0.6 is 22.7 Å². The normalized spacial score (nSPS) is 9.94. The van der Waals surface area contributed by atoms with Crippen molar-refractivity contribution in [2.75, 3.05) is 0 Å². The third kappa shape index (κ3) is 7.87. The molecule has 0 radical (unpaired) electrons. The molecule has 4 aromatic carbocycles. The van der Waals surface area contributed by atoms with Gasteiger partial charge in [0.25, 0.3) is 0 Å². The van der Waals surface area contributed by atoms with Crippen LogP contribution in [-0.4, -0.2) is 5.43 Å². The van der Waals surface area contributed by atoms with E-state index in [2.05, 4.69) is 123 Å². The van der Waals surface area contributed by atoms with Gasteiger partial charge < -0.3 is 24.8 Å². The average Bonchev–Trinajstić information content (AvgIpc) is 3.58. The Balaban J connectivity index is 0.000000211. The van der Waals surface area contributed by atoms with Crippen molar-refractivity contribution < 1.29 is 48.1 Å². The summed E-state index contributed by atoms with van der Waals surface area (Å²) in [5.74, 6) is 0. The van der Waals surface area contributed by atoms with Crippen molar-refractivity contribution in [2.45, 2.75) is 26.9 Å². The molecular weight excluding hydrogens is 615 g/mol. The predicted octanol–water partition coefficient (Wildman–Crippen LogP) is 3.98. The van der Waals surface area contributed by atoms with Crippen molar-refractivity contribution >= 4 is 49.7 Å². The van der Waals surface area contributed by atoms with Gasteiger partial charge in [-0.1, -0.05) is 49.2 Å². The van der Waals surface area contributed by atoms with Crippen LogP contribution in [0.1, 0.15) is 11.1 Å². The summed E-state index contributed by atoms with van der Waals surface area (Å²) >= 11 is 5.34. The molecule has 0 N–H and O–H groups in total. The van der Waals surface area contributed by atoms with E-state index in [4.69, 9.17) is 0 Å². The molecule has 0 spiro atoms. The zero-order chi connectivity index (χ0) is 24.1. The molecule has 0 saturated heterocycles. The Hall–Kier alpha value is -1.26. The largest absolute Gasteiger partial charge is 1.00 e. The summed E-state index contributed by atoms with van der Waals surface area (Å²) in [6.07, 6.45) is 0. The first kappa shape index (κ1) is 31.0. The van der Waals surface area contributed by atoms with E-state index in [1.807, 2.05) is 0 Å². The molecule has 2 aromatic heterocycles. The molecule has 184 valence electrons. The Kier molecular flexibility index (Phi) is 12.6. The number of fused-ring (bicyclic) bond motifs is 2. The third-order valence-electron chi connectivity index (χ3n) is 5.36. The maximum atomic E-state index is 2.31. The Morgan fingerprint density at radius 2 is 1.03 bits per heavy atom. The van der Waals surface area contributed by atoms with Crippen LogP contribution in [0.4, 0.5) is 0 Å². The Bertz CT molecular complexity index is 1400.